The summed E-state index contributed by atoms with van der Waals surface area (Å²) in [5.41, 5.74) is 0. The van der Waals surface area contributed by atoms with Crippen LogP contribution in [0.25, 0.3) is 10.8 Å². The first-order valence-corrected chi connectivity index (χ1v) is 10.5. The van der Waals surface area contributed by atoms with E-state index in [0.29, 0.717) is 5.89 Å². The summed E-state index contributed by atoms with van der Waals surface area (Å²) in [4.78, 5) is 25.0. The number of rotatable bonds is 5. The van der Waals surface area contributed by atoms with Gasteiger partial charge < -0.3 is 9.73 Å². The number of amides is 1. The lowest BCUT2D eigenvalue weighted by atomic mass is 9.69. The van der Waals surface area contributed by atoms with Crippen LogP contribution < -0.4 is 11.1 Å². The number of hydrogen-bond donors (Lipinski definition) is 1. The Morgan fingerprint density at radius 1 is 1.27 bits per heavy atom. The zero-order valence-corrected chi connectivity index (χ0v) is 15.7. The van der Waals surface area contributed by atoms with Crippen LogP contribution in [0.15, 0.2) is 26.7 Å². The first-order chi connectivity index (χ1) is 12.7. The molecule has 3 atom stereocenters. The summed E-state index contributed by atoms with van der Waals surface area (Å²) in [7, 11) is 0. The molecule has 0 aromatic carbocycles. The van der Waals surface area contributed by atoms with E-state index in [1.54, 1.807) is 0 Å². The van der Waals surface area contributed by atoms with E-state index >= 15 is 0 Å². The molecule has 2 aromatic rings. The highest BCUT2D eigenvalue weighted by Crippen LogP contribution is 2.40. The molecule has 0 unspecified atom stereocenters. The van der Waals surface area contributed by atoms with E-state index < -0.39 is 5.76 Å². The zero-order valence-electron chi connectivity index (χ0n) is 14.9. The van der Waals surface area contributed by atoms with Crippen LogP contribution in [0.4, 0.5) is 0 Å². The number of nitrogens with zero attached hydrogens (tertiary/aromatic N) is 2. The van der Waals surface area contributed by atoms with Gasteiger partial charge in [-0.15, -0.1) is 16.4 Å². The molecule has 7 heteroatoms. The van der Waals surface area contributed by atoms with E-state index in [9.17, 15) is 9.59 Å². The van der Waals surface area contributed by atoms with Crippen LogP contribution in [0, 0.1) is 11.8 Å². The van der Waals surface area contributed by atoms with Crippen LogP contribution in [0.3, 0.4) is 0 Å². The third-order valence-electron chi connectivity index (χ3n) is 5.79. The van der Waals surface area contributed by atoms with Gasteiger partial charge in [-0.3, -0.25) is 4.79 Å². The van der Waals surface area contributed by atoms with E-state index in [1.165, 1.54) is 48.1 Å². The van der Waals surface area contributed by atoms with Gasteiger partial charge in [0, 0.05) is 12.5 Å². The van der Waals surface area contributed by atoms with Crippen molar-refractivity contribution < 1.29 is 9.21 Å². The number of thiophene rings is 1. The summed E-state index contributed by atoms with van der Waals surface area (Å²) in [6.07, 6.45) is 9.08. The van der Waals surface area contributed by atoms with Crippen molar-refractivity contribution in [1.82, 2.24) is 15.1 Å². The molecule has 2 aromatic heterocycles. The predicted molar refractivity (Wildman–Crippen MR) is 99.9 cm³/mol. The molecule has 2 aliphatic rings. The Balaban J connectivity index is 1.28. The number of fused-ring (bicyclic) bond motifs is 1. The molecule has 0 saturated heterocycles. The SMILES string of the molecule is O=C(CCn1nc(-c2cccs2)oc1=O)N[C@H]1CC[C@H]2CCCC[C@@H]2C1. The van der Waals surface area contributed by atoms with Crippen molar-refractivity contribution in [3.05, 3.63) is 28.1 Å². The van der Waals surface area contributed by atoms with Gasteiger partial charge in [-0.1, -0.05) is 31.7 Å². The van der Waals surface area contributed by atoms with Gasteiger partial charge in [0.15, 0.2) is 0 Å². The van der Waals surface area contributed by atoms with Crippen LogP contribution >= 0.6 is 11.3 Å². The van der Waals surface area contributed by atoms with Crippen LogP contribution in [-0.4, -0.2) is 21.7 Å². The fourth-order valence-corrected chi connectivity index (χ4v) is 5.10. The number of nitrogens with one attached hydrogen (secondary N) is 1. The van der Waals surface area contributed by atoms with Crippen molar-refractivity contribution in [2.24, 2.45) is 11.8 Å². The molecule has 2 aliphatic carbocycles. The molecule has 0 radical (unpaired) electrons. The molecular weight excluding hydrogens is 350 g/mol. The molecule has 1 amide bonds. The lowest BCUT2D eigenvalue weighted by molar-refractivity contribution is -0.122. The lowest BCUT2D eigenvalue weighted by Crippen LogP contribution is -2.42. The second kappa shape index (κ2) is 7.78. The van der Waals surface area contributed by atoms with Gasteiger partial charge in [-0.25, -0.2) is 4.79 Å². The van der Waals surface area contributed by atoms with Gasteiger partial charge in [0.05, 0.1) is 11.4 Å². The molecule has 140 valence electrons. The largest absolute Gasteiger partial charge is 0.437 e. The summed E-state index contributed by atoms with van der Waals surface area (Å²) >= 11 is 1.47. The summed E-state index contributed by atoms with van der Waals surface area (Å²) in [5.74, 6) is 1.47. The first kappa shape index (κ1) is 17.5. The van der Waals surface area contributed by atoms with Crippen molar-refractivity contribution in [3.8, 4) is 10.8 Å². The molecule has 0 bridgehead atoms. The van der Waals surface area contributed by atoms with Gasteiger partial charge in [0.1, 0.15) is 0 Å². The predicted octanol–water partition coefficient (Wildman–Crippen LogP) is 3.43. The molecule has 26 heavy (non-hydrogen) atoms. The van der Waals surface area contributed by atoms with Crippen LogP contribution in [0.2, 0.25) is 0 Å². The van der Waals surface area contributed by atoms with Gasteiger partial charge in [-0.05, 0) is 42.5 Å². The molecule has 2 fully saturated rings. The number of carbonyl (C=O) groups is 1. The molecule has 2 heterocycles. The number of aromatic nitrogens is 2. The van der Waals surface area contributed by atoms with E-state index in [4.69, 9.17) is 4.42 Å². The summed E-state index contributed by atoms with van der Waals surface area (Å²) in [6, 6.07) is 4.03. The number of aryl methyl sites for hydroxylation is 1. The third-order valence-corrected chi connectivity index (χ3v) is 6.65. The van der Waals surface area contributed by atoms with Crippen molar-refractivity contribution in [2.75, 3.05) is 0 Å². The lowest BCUT2D eigenvalue weighted by Gasteiger charge is -2.39. The average molecular weight is 375 g/mol. The van der Waals surface area contributed by atoms with E-state index in [1.807, 2.05) is 17.5 Å². The standard InChI is InChI=1S/C19H25N3O3S/c23-17(20-15-8-7-13-4-1-2-5-14(13)12-15)9-10-22-19(24)25-18(21-22)16-6-3-11-26-16/h3,6,11,13-15H,1-2,4-5,7-10,12H2,(H,20,23)/t13-,14-,15+/m1/s1. The first-order valence-electron chi connectivity index (χ1n) is 9.60. The van der Waals surface area contributed by atoms with Crippen LogP contribution in [0.1, 0.15) is 51.4 Å². The summed E-state index contributed by atoms with van der Waals surface area (Å²) < 4.78 is 6.42. The minimum absolute atomic E-state index is 0.00293. The summed E-state index contributed by atoms with van der Waals surface area (Å²) in [5, 5.41) is 9.26. The van der Waals surface area contributed by atoms with E-state index in [2.05, 4.69) is 10.4 Å². The highest BCUT2D eigenvalue weighted by molar-refractivity contribution is 7.13. The van der Waals surface area contributed by atoms with Crippen molar-refractivity contribution in [2.45, 2.75) is 64.0 Å². The maximum absolute atomic E-state index is 12.3. The molecule has 0 spiro atoms. The average Bonchev–Trinajstić information content (AvgIpc) is 3.29. The molecule has 1 N–H and O–H groups in total. The maximum Gasteiger partial charge on any atom is 0.437 e. The van der Waals surface area contributed by atoms with Gasteiger partial charge in [-0.2, -0.15) is 4.68 Å². The van der Waals surface area contributed by atoms with Crippen LogP contribution in [0.5, 0.6) is 0 Å². The molecular formula is C19H25N3O3S. The quantitative estimate of drug-likeness (QED) is 0.868. The Morgan fingerprint density at radius 2 is 2.12 bits per heavy atom. The Bertz CT molecular complexity index is 795. The molecule has 6 nitrogen and oxygen atoms in total. The van der Waals surface area contributed by atoms with Gasteiger partial charge >= 0.3 is 5.76 Å². The fraction of sp³-hybridized carbons (Fsp3) is 0.632. The zero-order chi connectivity index (χ0) is 17.9. The Morgan fingerprint density at radius 3 is 2.92 bits per heavy atom. The van der Waals surface area contributed by atoms with Crippen molar-refractivity contribution >= 4 is 17.2 Å². The monoisotopic (exact) mass is 375 g/mol. The van der Waals surface area contributed by atoms with Crippen molar-refractivity contribution in [3.63, 3.8) is 0 Å². The fourth-order valence-electron chi connectivity index (χ4n) is 4.46. The Labute approximate surface area is 156 Å². The molecule has 4 rings (SSSR count). The third kappa shape index (κ3) is 3.92. The number of carbonyl (C=O) groups excluding carboxylic acids is 1. The maximum atomic E-state index is 12.3. The second-order valence-corrected chi connectivity index (χ2v) is 8.45. The normalized spacial score (nSPS) is 25.6. The van der Waals surface area contributed by atoms with Gasteiger partial charge in [0.2, 0.25) is 5.91 Å². The Kier molecular flexibility index (Phi) is 5.24. The minimum Gasteiger partial charge on any atom is -0.387 e. The highest BCUT2D eigenvalue weighted by Gasteiger charge is 2.32. The summed E-state index contributed by atoms with van der Waals surface area (Å²) in [6.45, 7) is 0.248. The topological polar surface area (TPSA) is 77.1 Å². The molecule has 0 aliphatic heterocycles. The Hall–Kier alpha value is -1.89. The van der Waals surface area contributed by atoms with Crippen LogP contribution in [-0.2, 0) is 11.3 Å². The molecule has 2 saturated carbocycles. The smallest absolute Gasteiger partial charge is 0.387 e. The van der Waals surface area contributed by atoms with E-state index in [0.717, 1.165) is 29.6 Å². The van der Waals surface area contributed by atoms with Crippen molar-refractivity contribution in [1.29, 1.82) is 0 Å². The highest BCUT2D eigenvalue weighted by atomic mass is 32.1. The number of hydrogen-bond acceptors (Lipinski definition) is 5. The van der Waals surface area contributed by atoms with Gasteiger partial charge in [0.25, 0.3) is 5.89 Å². The second-order valence-electron chi connectivity index (χ2n) is 7.51. The van der Waals surface area contributed by atoms with E-state index in [-0.39, 0.29) is 24.9 Å². The minimum atomic E-state index is -0.510.